The zero-order valence-electron chi connectivity index (χ0n) is 13.7. The number of aromatic nitrogens is 3. The van der Waals surface area contributed by atoms with Gasteiger partial charge in [-0.2, -0.15) is 0 Å². The van der Waals surface area contributed by atoms with E-state index in [2.05, 4.69) is 19.9 Å². The van der Waals surface area contributed by atoms with Gasteiger partial charge in [0.1, 0.15) is 5.82 Å². The number of rotatable bonds is 3. The molecule has 1 N–H and O–H groups in total. The standard InChI is InChI=1S/C18H18FN5O/c19-14-2-3-16-15(11-14)13(12-22-16)10-17(25)23-6-8-24(9-7-23)18-20-4-1-5-21-18/h1-5,11-12,22H,6-10H2. The lowest BCUT2D eigenvalue weighted by Crippen LogP contribution is -2.49. The van der Waals surface area contributed by atoms with Crippen molar-refractivity contribution >= 4 is 22.8 Å². The summed E-state index contributed by atoms with van der Waals surface area (Å²) < 4.78 is 13.5. The Balaban J connectivity index is 1.41. The number of anilines is 1. The lowest BCUT2D eigenvalue weighted by molar-refractivity contribution is -0.130. The lowest BCUT2D eigenvalue weighted by atomic mass is 10.1. The molecule has 0 bridgehead atoms. The van der Waals surface area contributed by atoms with Crippen LogP contribution < -0.4 is 4.90 Å². The van der Waals surface area contributed by atoms with E-state index in [0.29, 0.717) is 32.1 Å². The minimum Gasteiger partial charge on any atom is -0.361 e. The molecule has 3 heterocycles. The number of hydrogen-bond acceptors (Lipinski definition) is 4. The number of benzene rings is 1. The molecule has 4 rings (SSSR count). The van der Waals surface area contributed by atoms with E-state index in [1.54, 1.807) is 30.7 Å². The van der Waals surface area contributed by atoms with Gasteiger partial charge in [-0.3, -0.25) is 4.79 Å². The van der Waals surface area contributed by atoms with Crippen LogP contribution in [0, 0.1) is 5.82 Å². The highest BCUT2D eigenvalue weighted by Crippen LogP contribution is 2.21. The van der Waals surface area contributed by atoms with E-state index < -0.39 is 0 Å². The van der Waals surface area contributed by atoms with E-state index in [9.17, 15) is 9.18 Å². The zero-order chi connectivity index (χ0) is 17.2. The van der Waals surface area contributed by atoms with Gasteiger partial charge in [0.15, 0.2) is 0 Å². The summed E-state index contributed by atoms with van der Waals surface area (Å²) in [6, 6.07) is 6.36. The minimum atomic E-state index is -0.294. The van der Waals surface area contributed by atoms with Crippen molar-refractivity contribution in [2.75, 3.05) is 31.1 Å². The predicted molar refractivity (Wildman–Crippen MR) is 92.8 cm³/mol. The summed E-state index contributed by atoms with van der Waals surface area (Å²) in [5, 5.41) is 0.768. The number of amides is 1. The number of carbonyl (C=O) groups excluding carboxylic acids is 1. The number of nitrogens with one attached hydrogen (secondary N) is 1. The average molecular weight is 339 g/mol. The van der Waals surface area contributed by atoms with E-state index in [-0.39, 0.29) is 18.1 Å². The van der Waals surface area contributed by atoms with Crippen molar-refractivity contribution < 1.29 is 9.18 Å². The molecule has 0 radical (unpaired) electrons. The average Bonchev–Trinajstić information content (AvgIpc) is 3.04. The molecule has 6 nitrogen and oxygen atoms in total. The molecule has 7 heteroatoms. The third kappa shape index (κ3) is 3.17. The van der Waals surface area contributed by atoms with Gasteiger partial charge >= 0.3 is 0 Å². The molecule has 0 spiro atoms. The highest BCUT2D eigenvalue weighted by molar-refractivity contribution is 5.89. The van der Waals surface area contributed by atoms with Gasteiger partial charge in [0, 0.05) is 55.7 Å². The normalized spacial score (nSPS) is 14.9. The fourth-order valence-corrected chi connectivity index (χ4v) is 3.18. The zero-order valence-corrected chi connectivity index (χ0v) is 13.7. The molecule has 0 atom stereocenters. The molecule has 2 aromatic heterocycles. The van der Waals surface area contributed by atoms with Gasteiger partial charge in [0.25, 0.3) is 0 Å². The second kappa shape index (κ2) is 6.51. The molecule has 0 aliphatic carbocycles. The number of piperazine rings is 1. The number of nitrogens with zero attached hydrogens (tertiary/aromatic N) is 4. The molecular weight excluding hydrogens is 321 g/mol. The number of fused-ring (bicyclic) bond motifs is 1. The van der Waals surface area contributed by atoms with Gasteiger partial charge in [0.05, 0.1) is 6.42 Å². The summed E-state index contributed by atoms with van der Waals surface area (Å²) in [4.78, 5) is 28.1. The van der Waals surface area contributed by atoms with Crippen LogP contribution in [-0.4, -0.2) is 51.9 Å². The van der Waals surface area contributed by atoms with Crippen LogP contribution in [0.2, 0.25) is 0 Å². The number of halogens is 1. The van der Waals surface area contributed by atoms with E-state index in [0.717, 1.165) is 16.5 Å². The first-order valence-electron chi connectivity index (χ1n) is 8.26. The Morgan fingerprint density at radius 3 is 2.68 bits per heavy atom. The second-order valence-electron chi connectivity index (χ2n) is 6.10. The molecule has 0 unspecified atom stereocenters. The Hall–Kier alpha value is -2.96. The lowest BCUT2D eigenvalue weighted by Gasteiger charge is -2.34. The molecule has 1 saturated heterocycles. The van der Waals surface area contributed by atoms with Crippen LogP contribution in [0.1, 0.15) is 5.56 Å². The van der Waals surface area contributed by atoms with E-state index >= 15 is 0 Å². The van der Waals surface area contributed by atoms with Crippen LogP contribution in [0.5, 0.6) is 0 Å². The van der Waals surface area contributed by atoms with Gasteiger partial charge < -0.3 is 14.8 Å². The molecule has 0 saturated carbocycles. The van der Waals surface area contributed by atoms with Crippen molar-refractivity contribution in [1.29, 1.82) is 0 Å². The third-order valence-electron chi connectivity index (χ3n) is 4.54. The van der Waals surface area contributed by atoms with Crippen LogP contribution in [0.3, 0.4) is 0 Å². The summed E-state index contributed by atoms with van der Waals surface area (Å²) in [5.74, 6) is 0.456. The topological polar surface area (TPSA) is 65.1 Å². The molecular formula is C18H18FN5O. The smallest absolute Gasteiger partial charge is 0.227 e. The maximum Gasteiger partial charge on any atom is 0.227 e. The quantitative estimate of drug-likeness (QED) is 0.793. The fourth-order valence-electron chi connectivity index (χ4n) is 3.18. The largest absolute Gasteiger partial charge is 0.361 e. The van der Waals surface area contributed by atoms with Crippen LogP contribution in [0.4, 0.5) is 10.3 Å². The molecule has 1 aliphatic rings. The molecule has 1 amide bonds. The first kappa shape index (κ1) is 15.6. The SMILES string of the molecule is O=C(Cc1c[nH]c2ccc(F)cc12)N1CCN(c2ncccn2)CC1. The van der Waals surface area contributed by atoms with Crippen LogP contribution >= 0.6 is 0 Å². The van der Waals surface area contributed by atoms with Crippen molar-refractivity contribution in [2.45, 2.75) is 6.42 Å². The summed E-state index contributed by atoms with van der Waals surface area (Å²) >= 11 is 0. The number of hydrogen-bond donors (Lipinski definition) is 1. The van der Waals surface area contributed by atoms with Crippen LogP contribution in [0.15, 0.2) is 42.9 Å². The van der Waals surface area contributed by atoms with Crippen LogP contribution in [0.25, 0.3) is 10.9 Å². The van der Waals surface area contributed by atoms with Gasteiger partial charge in [-0.05, 0) is 29.8 Å². The summed E-state index contributed by atoms with van der Waals surface area (Å²) in [7, 11) is 0. The summed E-state index contributed by atoms with van der Waals surface area (Å²) in [6.45, 7) is 2.68. The molecule has 25 heavy (non-hydrogen) atoms. The van der Waals surface area contributed by atoms with Crippen molar-refractivity contribution in [1.82, 2.24) is 19.9 Å². The summed E-state index contributed by atoms with van der Waals surface area (Å²) in [6.07, 6.45) is 5.49. The Morgan fingerprint density at radius 2 is 1.92 bits per heavy atom. The number of carbonyl (C=O) groups is 1. The Morgan fingerprint density at radius 1 is 1.16 bits per heavy atom. The van der Waals surface area contributed by atoms with Crippen molar-refractivity contribution in [3.63, 3.8) is 0 Å². The Bertz CT molecular complexity index is 887. The maximum absolute atomic E-state index is 13.5. The predicted octanol–water partition coefficient (Wildman–Crippen LogP) is 1.99. The monoisotopic (exact) mass is 339 g/mol. The Kier molecular flexibility index (Phi) is 4.05. The van der Waals surface area contributed by atoms with E-state index in [1.165, 1.54) is 12.1 Å². The van der Waals surface area contributed by atoms with Crippen molar-refractivity contribution in [3.8, 4) is 0 Å². The van der Waals surface area contributed by atoms with Crippen LogP contribution in [-0.2, 0) is 11.2 Å². The summed E-state index contributed by atoms with van der Waals surface area (Å²) in [5.41, 5.74) is 1.67. The first-order chi connectivity index (χ1) is 12.2. The molecule has 1 fully saturated rings. The van der Waals surface area contributed by atoms with Gasteiger partial charge in [-0.25, -0.2) is 14.4 Å². The Labute approximate surface area is 144 Å². The maximum atomic E-state index is 13.5. The fraction of sp³-hybridized carbons (Fsp3) is 0.278. The van der Waals surface area contributed by atoms with Gasteiger partial charge in [-0.15, -0.1) is 0 Å². The van der Waals surface area contributed by atoms with E-state index in [4.69, 9.17) is 0 Å². The molecule has 128 valence electrons. The van der Waals surface area contributed by atoms with Crippen molar-refractivity contribution in [3.05, 3.63) is 54.2 Å². The third-order valence-corrected chi connectivity index (χ3v) is 4.54. The number of H-pyrrole nitrogens is 1. The van der Waals surface area contributed by atoms with E-state index in [1.807, 2.05) is 4.90 Å². The van der Waals surface area contributed by atoms with Gasteiger partial charge in [0.2, 0.25) is 11.9 Å². The molecule has 1 aliphatic heterocycles. The van der Waals surface area contributed by atoms with Gasteiger partial charge in [-0.1, -0.05) is 0 Å². The second-order valence-corrected chi connectivity index (χ2v) is 6.10. The number of aromatic amines is 1. The highest BCUT2D eigenvalue weighted by Gasteiger charge is 2.23. The first-order valence-corrected chi connectivity index (χ1v) is 8.26. The highest BCUT2D eigenvalue weighted by atomic mass is 19.1. The minimum absolute atomic E-state index is 0.0544. The molecule has 1 aromatic carbocycles. The van der Waals surface area contributed by atoms with Crippen molar-refractivity contribution in [2.24, 2.45) is 0 Å². The molecule has 3 aromatic rings.